The van der Waals surface area contributed by atoms with Gasteiger partial charge in [0.05, 0.1) is 11.0 Å². The minimum atomic E-state index is -0.676. The molecule has 2 N–H and O–H groups in total. The number of aromatic nitrogens is 3. The third kappa shape index (κ3) is 2.98. The van der Waals surface area contributed by atoms with Crippen molar-refractivity contribution >= 4 is 17.3 Å². The molecular formula is C14H16N6O3. The van der Waals surface area contributed by atoms with Gasteiger partial charge in [-0.1, -0.05) is 0 Å². The zero-order chi connectivity index (χ0) is 16.4. The van der Waals surface area contributed by atoms with Gasteiger partial charge in [0.1, 0.15) is 18.3 Å². The number of nitrogens with two attached hydrogens (primary N) is 1. The van der Waals surface area contributed by atoms with E-state index in [-0.39, 0.29) is 17.3 Å². The van der Waals surface area contributed by atoms with Crippen LogP contribution in [0.25, 0.3) is 0 Å². The third-order valence-electron chi connectivity index (χ3n) is 4.07. The standard InChI is InChI=1S/C14H16N6O3/c15-14(21)10-1-2-12(13(7-10)20(22)23)18-5-3-11(4-6-18)19-9-16-8-17-19/h1-2,7-9,11H,3-6H2,(H2,15,21). The molecule has 0 unspecified atom stereocenters. The molecule has 3 rings (SSSR count). The Bertz CT molecular complexity index is 722. The number of nitrogens with zero attached hydrogens (tertiary/aromatic N) is 5. The molecule has 9 heteroatoms. The van der Waals surface area contributed by atoms with E-state index in [4.69, 9.17) is 5.73 Å². The van der Waals surface area contributed by atoms with E-state index < -0.39 is 10.8 Å². The van der Waals surface area contributed by atoms with Gasteiger partial charge in [0.15, 0.2) is 0 Å². The van der Waals surface area contributed by atoms with Crippen molar-refractivity contribution in [1.29, 1.82) is 0 Å². The minimum Gasteiger partial charge on any atom is -0.366 e. The van der Waals surface area contributed by atoms with Gasteiger partial charge in [-0.15, -0.1) is 0 Å². The van der Waals surface area contributed by atoms with Crippen LogP contribution >= 0.6 is 0 Å². The smallest absolute Gasteiger partial charge is 0.293 e. The molecule has 1 aromatic carbocycles. The van der Waals surface area contributed by atoms with Crippen LogP contribution in [-0.4, -0.2) is 38.7 Å². The summed E-state index contributed by atoms with van der Waals surface area (Å²) in [6, 6.07) is 4.60. The lowest BCUT2D eigenvalue weighted by Crippen LogP contribution is -2.35. The van der Waals surface area contributed by atoms with Crippen molar-refractivity contribution in [3.63, 3.8) is 0 Å². The van der Waals surface area contributed by atoms with Crippen LogP contribution in [0.1, 0.15) is 29.2 Å². The van der Waals surface area contributed by atoms with Crippen LogP contribution in [0.5, 0.6) is 0 Å². The van der Waals surface area contributed by atoms with Crippen LogP contribution in [0.15, 0.2) is 30.9 Å². The Kier molecular flexibility index (Phi) is 3.92. The maximum atomic E-state index is 11.3. The summed E-state index contributed by atoms with van der Waals surface area (Å²) in [6.45, 7) is 1.34. The molecule has 23 heavy (non-hydrogen) atoms. The normalized spacial score (nSPS) is 15.6. The minimum absolute atomic E-state index is 0.0968. The van der Waals surface area contributed by atoms with Crippen molar-refractivity contribution in [2.75, 3.05) is 18.0 Å². The second kappa shape index (κ2) is 6.03. The number of amides is 1. The van der Waals surface area contributed by atoms with Gasteiger partial charge in [-0.3, -0.25) is 14.9 Å². The number of nitro benzene ring substituents is 1. The van der Waals surface area contributed by atoms with Gasteiger partial charge in [0.2, 0.25) is 5.91 Å². The number of nitro groups is 1. The van der Waals surface area contributed by atoms with Crippen molar-refractivity contribution in [2.24, 2.45) is 5.73 Å². The summed E-state index contributed by atoms with van der Waals surface area (Å²) in [6.07, 6.45) is 4.82. The number of anilines is 1. The Morgan fingerprint density at radius 3 is 2.65 bits per heavy atom. The zero-order valence-electron chi connectivity index (χ0n) is 12.3. The monoisotopic (exact) mass is 316 g/mol. The van der Waals surface area contributed by atoms with Crippen molar-refractivity contribution < 1.29 is 9.72 Å². The molecule has 0 bridgehead atoms. The molecule has 0 aliphatic carbocycles. The number of carbonyl (C=O) groups excluding carboxylic acids is 1. The van der Waals surface area contributed by atoms with Crippen LogP contribution in [0.4, 0.5) is 11.4 Å². The highest BCUT2D eigenvalue weighted by Gasteiger charge is 2.26. The quantitative estimate of drug-likeness (QED) is 0.666. The molecule has 1 amide bonds. The maximum Gasteiger partial charge on any atom is 0.293 e. The summed E-state index contributed by atoms with van der Waals surface area (Å²) in [7, 11) is 0. The molecule has 0 spiro atoms. The summed E-state index contributed by atoms with van der Waals surface area (Å²) in [5.74, 6) is -0.676. The average molecular weight is 316 g/mol. The lowest BCUT2D eigenvalue weighted by molar-refractivity contribution is -0.384. The zero-order valence-corrected chi connectivity index (χ0v) is 12.3. The number of carbonyl (C=O) groups is 1. The molecule has 1 saturated heterocycles. The topological polar surface area (TPSA) is 120 Å². The van der Waals surface area contributed by atoms with E-state index in [1.165, 1.54) is 18.5 Å². The molecule has 0 saturated carbocycles. The van der Waals surface area contributed by atoms with E-state index in [0.717, 1.165) is 12.8 Å². The van der Waals surface area contributed by atoms with Crippen LogP contribution < -0.4 is 10.6 Å². The molecule has 1 aliphatic rings. The van der Waals surface area contributed by atoms with E-state index >= 15 is 0 Å². The van der Waals surface area contributed by atoms with Crippen molar-refractivity contribution in [2.45, 2.75) is 18.9 Å². The fraction of sp³-hybridized carbons (Fsp3) is 0.357. The largest absolute Gasteiger partial charge is 0.366 e. The lowest BCUT2D eigenvalue weighted by atomic mass is 10.0. The highest BCUT2D eigenvalue weighted by atomic mass is 16.6. The molecule has 2 heterocycles. The van der Waals surface area contributed by atoms with E-state index in [1.54, 1.807) is 12.4 Å². The van der Waals surface area contributed by atoms with Crippen LogP contribution in [0, 0.1) is 10.1 Å². The Hall–Kier alpha value is -2.97. The highest BCUT2D eigenvalue weighted by molar-refractivity contribution is 5.94. The molecule has 0 radical (unpaired) electrons. The van der Waals surface area contributed by atoms with Crippen LogP contribution in [0.2, 0.25) is 0 Å². The SMILES string of the molecule is NC(=O)c1ccc(N2CCC(n3cncn3)CC2)c([N+](=O)[O-])c1. The third-order valence-corrected chi connectivity index (χ3v) is 4.07. The van der Waals surface area contributed by atoms with Gasteiger partial charge in [-0.05, 0) is 25.0 Å². The van der Waals surface area contributed by atoms with Crippen LogP contribution in [0.3, 0.4) is 0 Å². The fourth-order valence-electron chi connectivity index (χ4n) is 2.87. The molecular weight excluding hydrogens is 300 g/mol. The van der Waals surface area contributed by atoms with Crippen molar-refractivity contribution in [3.05, 3.63) is 46.5 Å². The molecule has 1 aromatic heterocycles. The van der Waals surface area contributed by atoms with Gasteiger partial charge in [0, 0.05) is 24.7 Å². The molecule has 1 fully saturated rings. The van der Waals surface area contributed by atoms with Gasteiger partial charge >= 0.3 is 0 Å². The Morgan fingerprint density at radius 2 is 2.09 bits per heavy atom. The number of piperidine rings is 1. The lowest BCUT2D eigenvalue weighted by Gasteiger charge is -2.33. The van der Waals surface area contributed by atoms with Crippen molar-refractivity contribution in [3.8, 4) is 0 Å². The molecule has 1 aliphatic heterocycles. The van der Waals surface area contributed by atoms with Gasteiger partial charge in [0.25, 0.3) is 5.69 Å². The van der Waals surface area contributed by atoms with Gasteiger partial charge in [-0.2, -0.15) is 5.10 Å². The maximum absolute atomic E-state index is 11.3. The predicted octanol–water partition coefficient (Wildman–Crippen LogP) is 1.13. The summed E-state index contributed by atoms with van der Waals surface area (Å²) < 4.78 is 1.82. The molecule has 120 valence electrons. The first-order valence-electron chi connectivity index (χ1n) is 7.23. The number of primary amides is 1. The summed E-state index contributed by atoms with van der Waals surface area (Å²) in [5.41, 5.74) is 5.74. The summed E-state index contributed by atoms with van der Waals surface area (Å²) >= 11 is 0. The van der Waals surface area contributed by atoms with Gasteiger partial charge < -0.3 is 10.6 Å². The molecule has 0 atom stereocenters. The first-order valence-corrected chi connectivity index (χ1v) is 7.23. The van der Waals surface area contributed by atoms with E-state index in [9.17, 15) is 14.9 Å². The average Bonchev–Trinajstić information content (AvgIpc) is 3.09. The van der Waals surface area contributed by atoms with Gasteiger partial charge in [-0.25, -0.2) is 9.67 Å². The van der Waals surface area contributed by atoms with Crippen molar-refractivity contribution in [1.82, 2.24) is 14.8 Å². The first kappa shape index (κ1) is 14.9. The molecule has 2 aromatic rings. The first-order chi connectivity index (χ1) is 11.1. The molecule has 9 nitrogen and oxygen atoms in total. The highest BCUT2D eigenvalue weighted by Crippen LogP contribution is 2.33. The van der Waals surface area contributed by atoms with E-state index in [0.29, 0.717) is 18.8 Å². The van der Waals surface area contributed by atoms with Crippen LogP contribution in [-0.2, 0) is 0 Å². The second-order valence-electron chi connectivity index (χ2n) is 5.42. The fourth-order valence-corrected chi connectivity index (χ4v) is 2.87. The summed E-state index contributed by atoms with van der Waals surface area (Å²) in [5, 5.41) is 15.4. The second-order valence-corrected chi connectivity index (χ2v) is 5.42. The van der Waals surface area contributed by atoms with E-state index in [1.807, 2.05) is 9.58 Å². The number of hydrogen-bond acceptors (Lipinski definition) is 6. The summed E-state index contributed by atoms with van der Waals surface area (Å²) in [4.78, 5) is 27.9. The Morgan fingerprint density at radius 1 is 1.35 bits per heavy atom. The predicted molar refractivity (Wildman–Crippen MR) is 82.1 cm³/mol. The number of benzene rings is 1. The number of hydrogen-bond donors (Lipinski definition) is 1. The van der Waals surface area contributed by atoms with E-state index in [2.05, 4.69) is 10.1 Å². The Balaban J connectivity index is 1.80. The number of rotatable bonds is 4. The Labute approximate surface area is 131 Å².